The Bertz CT molecular complexity index is 617. The molecular weight excluding hydrogens is 312 g/mol. The molecular formula is C15H24N6O3. The molecule has 1 aromatic heterocycles. The number of carbonyl (C=O) groups is 3. The van der Waals surface area contributed by atoms with Crippen molar-refractivity contribution >= 4 is 17.8 Å². The Balaban J connectivity index is 1.85. The van der Waals surface area contributed by atoms with E-state index in [-0.39, 0.29) is 18.6 Å². The number of aromatic nitrogens is 2. The first-order valence-electron chi connectivity index (χ1n) is 7.97. The lowest BCUT2D eigenvalue weighted by molar-refractivity contribution is -0.138. The minimum Gasteiger partial charge on any atom is -0.322 e. The van der Waals surface area contributed by atoms with Gasteiger partial charge in [0.25, 0.3) is 11.8 Å². The molecule has 1 saturated heterocycles. The summed E-state index contributed by atoms with van der Waals surface area (Å²) in [5.74, 6) is -0.917. The predicted octanol–water partition coefficient (Wildman–Crippen LogP) is 0.174. The summed E-state index contributed by atoms with van der Waals surface area (Å²) in [4.78, 5) is 36.1. The summed E-state index contributed by atoms with van der Waals surface area (Å²) < 4.78 is 1.79. The second-order valence-electron chi connectivity index (χ2n) is 6.19. The van der Waals surface area contributed by atoms with E-state index in [0.29, 0.717) is 6.42 Å². The first-order valence-corrected chi connectivity index (χ1v) is 7.97. The Hall–Kier alpha value is -2.42. The van der Waals surface area contributed by atoms with Gasteiger partial charge in [0.05, 0.1) is 12.6 Å². The minimum atomic E-state index is -0.973. The van der Waals surface area contributed by atoms with Crippen LogP contribution in [0.5, 0.6) is 0 Å². The molecule has 0 radical (unpaired) electrons. The molecule has 3 N–H and O–H groups in total. The Labute approximate surface area is 140 Å². The largest absolute Gasteiger partial charge is 0.344 e. The van der Waals surface area contributed by atoms with Gasteiger partial charge in [0.2, 0.25) is 0 Å². The van der Waals surface area contributed by atoms with Crippen LogP contribution in [0.2, 0.25) is 0 Å². The fraction of sp³-hybridized carbons (Fsp3) is 0.600. The molecule has 0 bridgehead atoms. The van der Waals surface area contributed by atoms with Crippen molar-refractivity contribution in [3.05, 3.63) is 18.5 Å². The molecule has 2 rings (SSSR count). The number of rotatable bonds is 7. The second-order valence-corrected chi connectivity index (χ2v) is 6.19. The average molecular weight is 336 g/mol. The van der Waals surface area contributed by atoms with Gasteiger partial charge in [-0.1, -0.05) is 6.92 Å². The van der Waals surface area contributed by atoms with E-state index in [2.05, 4.69) is 21.2 Å². The van der Waals surface area contributed by atoms with Crippen molar-refractivity contribution in [3.63, 3.8) is 0 Å². The normalized spacial score (nSPS) is 23.1. The van der Waals surface area contributed by atoms with Crippen molar-refractivity contribution in [2.24, 2.45) is 0 Å². The molecule has 9 nitrogen and oxygen atoms in total. The van der Waals surface area contributed by atoms with Crippen molar-refractivity contribution < 1.29 is 14.4 Å². The summed E-state index contributed by atoms with van der Waals surface area (Å²) >= 11 is 0. The maximum Gasteiger partial charge on any atom is 0.344 e. The zero-order chi connectivity index (χ0) is 17.9. The van der Waals surface area contributed by atoms with Gasteiger partial charge in [0.1, 0.15) is 5.54 Å². The number of hydrogen-bond donors (Lipinski definition) is 3. The van der Waals surface area contributed by atoms with Crippen LogP contribution in [0.15, 0.2) is 18.5 Å². The van der Waals surface area contributed by atoms with Gasteiger partial charge in [-0.25, -0.2) is 4.79 Å². The van der Waals surface area contributed by atoms with Gasteiger partial charge in [-0.15, -0.1) is 0 Å². The van der Waals surface area contributed by atoms with Crippen LogP contribution >= 0.6 is 0 Å². The van der Waals surface area contributed by atoms with Crippen LogP contribution < -0.4 is 16.1 Å². The molecule has 4 amide bonds. The van der Waals surface area contributed by atoms with E-state index < -0.39 is 23.4 Å². The molecule has 0 unspecified atom stereocenters. The maximum absolute atomic E-state index is 12.2. The van der Waals surface area contributed by atoms with Crippen molar-refractivity contribution in [2.45, 2.75) is 51.7 Å². The highest BCUT2D eigenvalue weighted by Crippen LogP contribution is 2.19. The topological polar surface area (TPSA) is 108 Å². The van der Waals surface area contributed by atoms with E-state index in [1.165, 1.54) is 0 Å². The smallest absolute Gasteiger partial charge is 0.322 e. The molecule has 1 fully saturated rings. The lowest BCUT2D eigenvalue weighted by Crippen LogP contribution is -2.51. The van der Waals surface area contributed by atoms with E-state index in [1.54, 1.807) is 24.7 Å². The van der Waals surface area contributed by atoms with E-state index in [1.807, 2.05) is 26.1 Å². The van der Waals surface area contributed by atoms with E-state index in [0.717, 1.165) is 5.01 Å². The second kappa shape index (κ2) is 7.00. The van der Waals surface area contributed by atoms with Crippen LogP contribution in [0.1, 0.15) is 40.2 Å². The number of nitrogens with zero attached hydrogens (tertiary/aromatic N) is 3. The van der Waals surface area contributed by atoms with Crippen LogP contribution in [-0.4, -0.2) is 50.8 Å². The van der Waals surface area contributed by atoms with Crippen molar-refractivity contribution in [3.8, 4) is 0 Å². The number of hydrogen-bond acceptors (Lipinski definition) is 5. The fourth-order valence-electron chi connectivity index (χ4n) is 2.36. The standard InChI is InChI=1S/C15H24N6O3/c1-5-15(4)13(23)21(14(24)18-15)19-12(22)9-16-10(2)11(3)20-8-6-7-17-20/h6-8,10-11,16H,5,9H2,1-4H3,(H,18,24)(H,19,22)/t10-,11-,15-/m0/s1. The number of urea groups is 1. The molecule has 0 saturated carbocycles. The zero-order valence-corrected chi connectivity index (χ0v) is 14.4. The molecule has 132 valence electrons. The highest BCUT2D eigenvalue weighted by molar-refractivity contribution is 6.07. The molecule has 1 aliphatic rings. The Kier molecular flexibility index (Phi) is 5.23. The third-order valence-electron chi connectivity index (χ3n) is 4.45. The third kappa shape index (κ3) is 3.56. The third-order valence-corrected chi connectivity index (χ3v) is 4.45. The van der Waals surface area contributed by atoms with Gasteiger partial charge >= 0.3 is 6.03 Å². The monoisotopic (exact) mass is 336 g/mol. The summed E-state index contributed by atoms with van der Waals surface area (Å²) in [5, 5.41) is 10.6. The van der Waals surface area contributed by atoms with Crippen molar-refractivity contribution in [1.82, 2.24) is 30.8 Å². The first-order chi connectivity index (χ1) is 11.3. The number of amides is 4. The van der Waals surface area contributed by atoms with E-state index in [4.69, 9.17) is 0 Å². The number of hydrazine groups is 1. The Morgan fingerprint density at radius 2 is 2.12 bits per heavy atom. The lowest BCUT2D eigenvalue weighted by Gasteiger charge is -2.22. The van der Waals surface area contributed by atoms with Crippen LogP contribution in [0.4, 0.5) is 4.79 Å². The van der Waals surface area contributed by atoms with Gasteiger partial charge in [-0.05, 0) is 33.3 Å². The average Bonchev–Trinajstić information content (AvgIpc) is 3.16. The van der Waals surface area contributed by atoms with Crippen molar-refractivity contribution in [2.75, 3.05) is 6.54 Å². The van der Waals surface area contributed by atoms with Crippen LogP contribution in [0.3, 0.4) is 0 Å². The van der Waals surface area contributed by atoms with Gasteiger partial charge in [-0.2, -0.15) is 10.1 Å². The highest BCUT2D eigenvalue weighted by Gasteiger charge is 2.47. The number of carbonyl (C=O) groups excluding carboxylic acids is 3. The predicted molar refractivity (Wildman–Crippen MR) is 86.6 cm³/mol. The summed E-state index contributed by atoms with van der Waals surface area (Å²) in [6.45, 7) is 7.32. The van der Waals surface area contributed by atoms with Gasteiger partial charge in [-0.3, -0.25) is 19.7 Å². The van der Waals surface area contributed by atoms with E-state index in [9.17, 15) is 14.4 Å². The Morgan fingerprint density at radius 1 is 1.42 bits per heavy atom. The molecule has 2 heterocycles. The van der Waals surface area contributed by atoms with E-state index >= 15 is 0 Å². The highest BCUT2D eigenvalue weighted by atomic mass is 16.2. The van der Waals surface area contributed by atoms with Crippen LogP contribution in [-0.2, 0) is 9.59 Å². The van der Waals surface area contributed by atoms with Crippen LogP contribution in [0, 0.1) is 0 Å². The molecule has 9 heteroatoms. The summed E-state index contributed by atoms with van der Waals surface area (Å²) in [7, 11) is 0. The summed E-state index contributed by atoms with van der Waals surface area (Å²) in [6.07, 6.45) is 3.99. The SMILES string of the molecule is CC[C@]1(C)NC(=O)N(NC(=O)CN[C@@H](C)[C@H](C)n2cccn2)C1=O. The number of imide groups is 1. The lowest BCUT2D eigenvalue weighted by atomic mass is 10.00. The molecule has 3 atom stereocenters. The molecule has 1 aromatic rings. The summed E-state index contributed by atoms with van der Waals surface area (Å²) in [6, 6.07) is 1.24. The molecule has 0 aromatic carbocycles. The number of nitrogens with one attached hydrogen (secondary N) is 3. The molecule has 1 aliphatic heterocycles. The Morgan fingerprint density at radius 3 is 2.67 bits per heavy atom. The fourth-order valence-corrected chi connectivity index (χ4v) is 2.36. The van der Waals surface area contributed by atoms with Gasteiger partial charge < -0.3 is 10.6 Å². The quantitative estimate of drug-likeness (QED) is 0.615. The maximum atomic E-state index is 12.2. The van der Waals surface area contributed by atoms with Crippen molar-refractivity contribution in [1.29, 1.82) is 0 Å². The molecule has 0 aliphatic carbocycles. The molecule has 24 heavy (non-hydrogen) atoms. The zero-order valence-electron chi connectivity index (χ0n) is 14.4. The first kappa shape index (κ1) is 17.9. The van der Waals surface area contributed by atoms with Gasteiger partial charge in [0.15, 0.2) is 0 Å². The molecule has 0 spiro atoms. The minimum absolute atomic E-state index is 0.0212. The summed E-state index contributed by atoms with van der Waals surface area (Å²) in [5.41, 5.74) is 1.37. The van der Waals surface area contributed by atoms with Crippen LogP contribution in [0.25, 0.3) is 0 Å². The van der Waals surface area contributed by atoms with Gasteiger partial charge in [0, 0.05) is 18.4 Å².